The highest BCUT2D eigenvalue weighted by molar-refractivity contribution is 6.04. The number of nitrogens with one attached hydrogen (secondary N) is 1. The van der Waals surface area contributed by atoms with Gasteiger partial charge in [0, 0.05) is 6.21 Å². The van der Waals surface area contributed by atoms with Crippen LogP contribution in [0.5, 0.6) is 0 Å². The Labute approximate surface area is 108 Å². The highest BCUT2D eigenvalue weighted by atomic mass is 15.5. The van der Waals surface area contributed by atoms with Crippen molar-refractivity contribution in [3.8, 4) is 12.1 Å². The van der Waals surface area contributed by atoms with Crippen LogP contribution in [0.1, 0.15) is 39.5 Å². The molecule has 1 aliphatic rings. The van der Waals surface area contributed by atoms with E-state index >= 15 is 0 Å². The number of unbranched alkanes of at least 4 members (excludes halogenated alkanes) is 1. The molecule has 0 radical (unpaired) electrons. The average molecular weight is 243 g/mol. The monoisotopic (exact) mass is 243 g/mol. The molecule has 1 unspecified atom stereocenters. The van der Waals surface area contributed by atoms with Gasteiger partial charge < -0.3 is 0 Å². The largest absolute Gasteiger partial charge is 0.282 e. The van der Waals surface area contributed by atoms with Crippen molar-refractivity contribution in [3.63, 3.8) is 0 Å². The Morgan fingerprint density at radius 2 is 2.06 bits per heavy atom. The maximum Gasteiger partial charge on any atom is 0.161 e. The number of amidine groups is 1. The highest BCUT2D eigenvalue weighted by Crippen LogP contribution is 2.28. The van der Waals surface area contributed by atoms with E-state index in [1.807, 2.05) is 19.9 Å². The summed E-state index contributed by atoms with van der Waals surface area (Å²) in [7, 11) is 0. The molecule has 0 amide bonds. The van der Waals surface area contributed by atoms with Gasteiger partial charge in [-0.2, -0.15) is 15.6 Å². The van der Waals surface area contributed by atoms with Crippen LogP contribution >= 0.6 is 0 Å². The zero-order valence-electron chi connectivity index (χ0n) is 10.8. The lowest BCUT2D eigenvalue weighted by Crippen LogP contribution is -2.30. The van der Waals surface area contributed by atoms with Crippen molar-refractivity contribution in [2.24, 2.45) is 5.10 Å². The first-order chi connectivity index (χ1) is 8.71. The fraction of sp³-hybridized carbons (Fsp3) is 0.538. The SMILES string of the molecule is CCC/C=N/N1C(=N)C(C#N)=C(C#N)C1CCC. The van der Waals surface area contributed by atoms with Crippen molar-refractivity contribution >= 4 is 12.1 Å². The van der Waals surface area contributed by atoms with Crippen LogP contribution < -0.4 is 0 Å². The zero-order chi connectivity index (χ0) is 13.5. The van der Waals surface area contributed by atoms with Crippen molar-refractivity contribution in [1.82, 2.24) is 5.01 Å². The lowest BCUT2D eigenvalue weighted by molar-refractivity contribution is 0.362. The Kier molecular flexibility index (Phi) is 5.07. The van der Waals surface area contributed by atoms with Crippen molar-refractivity contribution in [1.29, 1.82) is 15.9 Å². The molecule has 94 valence electrons. The maximum absolute atomic E-state index is 9.14. The lowest BCUT2D eigenvalue weighted by atomic mass is 10.0. The third-order valence-electron chi connectivity index (χ3n) is 2.78. The van der Waals surface area contributed by atoms with E-state index in [1.165, 1.54) is 5.01 Å². The average Bonchev–Trinajstić information content (AvgIpc) is 2.63. The van der Waals surface area contributed by atoms with Gasteiger partial charge in [0.15, 0.2) is 5.84 Å². The first-order valence-corrected chi connectivity index (χ1v) is 6.16. The predicted molar refractivity (Wildman–Crippen MR) is 69.9 cm³/mol. The summed E-state index contributed by atoms with van der Waals surface area (Å²) < 4.78 is 0. The molecule has 0 aliphatic carbocycles. The molecule has 1 heterocycles. The standard InChI is InChI=1S/C13H17N5/c1-3-5-7-17-18-12(6-4-2)10(8-14)11(9-15)13(18)16/h7,12,16H,3-6H2,1-2H3/b16-13?,17-7+. The smallest absolute Gasteiger partial charge is 0.161 e. The molecule has 1 rings (SSSR count). The molecule has 5 nitrogen and oxygen atoms in total. The summed E-state index contributed by atoms with van der Waals surface area (Å²) in [4.78, 5) is 0. The number of hydrogen-bond acceptors (Lipinski definition) is 4. The van der Waals surface area contributed by atoms with Crippen LogP contribution in [0.15, 0.2) is 16.2 Å². The molecule has 1 N–H and O–H groups in total. The molecule has 18 heavy (non-hydrogen) atoms. The van der Waals surface area contributed by atoms with Crippen LogP contribution in [0.25, 0.3) is 0 Å². The second-order valence-electron chi connectivity index (χ2n) is 4.10. The van der Waals surface area contributed by atoms with Crippen LogP contribution in [0.3, 0.4) is 0 Å². The Bertz CT molecular complexity index is 461. The molecule has 5 heteroatoms. The molecule has 0 aromatic carbocycles. The van der Waals surface area contributed by atoms with Gasteiger partial charge in [-0.15, -0.1) is 0 Å². The van der Waals surface area contributed by atoms with Gasteiger partial charge in [-0.3, -0.25) is 5.41 Å². The van der Waals surface area contributed by atoms with Gasteiger partial charge in [-0.25, -0.2) is 5.01 Å². The fourth-order valence-corrected chi connectivity index (χ4v) is 1.88. The Hall–Kier alpha value is -2.14. The summed E-state index contributed by atoms with van der Waals surface area (Å²) in [5.74, 6) is 0.0415. The van der Waals surface area contributed by atoms with Crippen LogP contribution in [0.2, 0.25) is 0 Å². The summed E-state index contributed by atoms with van der Waals surface area (Å²) in [6, 6.07) is 3.74. The molecule has 0 saturated carbocycles. The van der Waals surface area contributed by atoms with Crippen LogP contribution in [0.4, 0.5) is 0 Å². The zero-order valence-corrected chi connectivity index (χ0v) is 10.8. The van der Waals surface area contributed by atoms with Crippen molar-refractivity contribution in [2.75, 3.05) is 0 Å². The van der Waals surface area contributed by atoms with Crippen molar-refractivity contribution in [2.45, 2.75) is 45.6 Å². The summed E-state index contributed by atoms with van der Waals surface area (Å²) in [6.07, 6.45) is 5.15. The second kappa shape index (κ2) is 6.56. The maximum atomic E-state index is 9.14. The molecule has 1 atom stereocenters. The van der Waals surface area contributed by atoms with Crippen molar-refractivity contribution in [3.05, 3.63) is 11.1 Å². The molecule has 0 bridgehead atoms. The fourth-order valence-electron chi connectivity index (χ4n) is 1.88. The van der Waals surface area contributed by atoms with E-state index < -0.39 is 0 Å². The number of hydrazone groups is 1. The summed E-state index contributed by atoms with van der Waals surface area (Å²) >= 11 is 0. The minimum atomic E-state index is -0.254. The van der Waals surface area contributed by atoms with E-state index in [-0.39, 0.29) is 17.5 Å². The van der Waals surface area contributed by atoms with Crippen LogP contribution in [-0.4, -0.2) is 23.1 Å². The number of nitriles is 2. The summed E-state index contributed by atoms with van der Waals surface area (Å²) in [5.41, 5.74) is 0.530. The highest BCUT2D eigenvalue weighted by Gasteiger charge is 2.36. The number of nitrogens with zero attached hydrogens (tertiary/aromatic N) is 4. The van der Waals surface area contributed by atoms with Gasteiger partial charge >= 0.3 is 0 Å². The Morgan fingerprint density at radius 3 is 2.56 bits per heavy atom. The van der Waals surface area contributed by atoms with Gasteiger partial charge in [0.2, 0.25) is 0 Å². The topological polar surface area (TPSA) is 87.0 Å². The van der Waals surface area contributed by atoms with Gasteiger partial charge in [-0.05, 0) is 12.8 Å². The molecule has 0 aromatic heterocycles. The van der Waals surface area contributed by atoms with Gasteiger partial charge in [0.05, 0.1) is 17.7 Å². The van der Waals surface area contributed by atoms with E-state index in [2.05, 4.69) is 11.2 Å². The third-order valence-corrected chi connectivity index (χ3v) is 2.78. The molecule has 0 spiro atoms. The van der Waals surface area contributed by atoms with Crippen LogP contribution in [0, 0.1) is 28.1 Å². The summed E-state index contributed by atoms with van der Waals surface area (Å²) in [5, 5.41) is 31.8. The predicted octanol–water partition coefficient (Wildman–Crippen LogP) is 2.58. The van der Waals surface area contributed by atoms with E-state index in [4.69, 9.17) is 15.9 Å². The van der Waals surface area contributed by atoms with E-state index in [9.17, 15) is 0 Å². The molecule has 1 aliphatic heterocycles. The Balaban J connectivity index is 3.04. The van der Waals surface area contributed by atoms with Crippen molar-refractivity contribution < 1.29 is 0 Å². The van der Waals surface area contributed by atoms with E-state index in [0.717, 1.165) is 25.7 Å². The van der Waals surface area contributed by atoms with Gasteiger partial charge in [-0.1, -0.05) is 26.7 Å². The molecular weight excluding hydrogens is 226 g/mol. The van der Waals surface area contributed by atoms with Crippen LogP contribution in [-0.2, 0) is 0 Å². The normalized spacial score (nSPS) is 19.4. The second-order valence-corrected chi connectivity index (χ2v) is 4.10. The van der Waals surface area contributed by atoms with E-state index in [1.54, 1.807) is 6.21 Å². The molecular formula is C13H17N5. The minimum absolute atomic E-state index is 0.0415. The molecule has 0 saturated heterocycles. The summed E-state index contributed by atoms with van der Waals surface area (Å²) in [6.45, 7) is 4.06. The minimum Gasteiger partial charge on any atom is -0.282 e. The number of hydrogen-bond donors (Lipinski definition) is 1. The first-order valence-electron chi connectivity index (χ1n) is 6.16. The Morgan fingerprint density at radius 1 is 1.33 bits per heavy atom. The van der Waals surface area contributed by atoms with Gasteiger partial charge in [0.25, 0.3) is 0 Å². The van der Waals surface area contributed by atoms with Gasteiger partial charge in [0.1, 0.15) is 11.6 Å². The molecule has 0 fully saturated rings. The quantitative estimate of drug-likeness (QED) is 0.753. The number of rotatable bonds is 5. The first kappa shape index (κ1) is 13.9. The lowest BCUT2D eigenvalue weighted by Gasteiger charge is -2.21. The third kappa shape index (κ3) is 2.57. The van der Waals surface area contributed by atoms with E-state index in [0.29, 0.717) is 5.57 Å². The molecule has 0 aromatic rings.